The fourth-order valence-electron chi connectivity index (χ4n) is 2.65. The monoisotopic (exact) mass is 300 g/mol. The topological polar surface area (TPSA) is 60.2 Å². The predicted octanol–water partition coefficient (Wildman–Crippen LogP) is 1.43. The lowest BCUT2D eigenvalue weighted by Crippen LogP contribution is -2.31. The number of aromatic nitrogens is 3. The number of nitrogens with zero attached hydrogens (tertiary/aromatic N) is 4. The fourth-order valence-corrected chi connectivity index (χ4v) is 2.65. The molecule has 1 saturated heterocycles. The van der Waals surface area contributed by atoms with Gasteiger partial charge in [0.25, 0.3) is 0 Å². The highest BCUT2D eigenvalue weighted by Crippen LogP contribution is 2.18. The average Bonchev–Trinajstić information content (AvgIpc) is 3.15. The molecule has 1 atom stereocenters. The SMILES string of the molecule is Cn1cnnc1CCC(=O)N1CC[C@H](Oc2ccccc2)C1. The Kier molecular flexibility index (Phi) is 4.37. The molecule has 0 spiro atoms. The van der Waals surface area contributed by atoms with Crippen molar-refractivity contribution in [3.05, 3.63) is 42.5 Å². The van der Waals surface area contributed by atoms with Crippen molar-refractivity contribution in [3.8, 4) is 5.75 Å². The maximum Gasteiger partial charge on any atom is 0.223 e. The first-order chi connectivity index (χ1) is 10.7. The Morgan fingerprint density at radius 2 is 2.18 bits per heavy atom. The molecule has 1 aromatic carbocycles. The van der Waals surface area contributed by atoms with Crippen LogP contribution in [0.2, 0.25) is 0 Å². The third-order valence-electron chi connectivity index (χ3n) is 3.91. The van der Waals surface area contributed by atoms with Gasteiger partial charge in [0.05, 0.1) is 6.54 Å². The van der Waals surface area contributed by atoms with Crippen molar-refractivity contribution in [3.63, 3.8) is 0 Å². The van der Waals surface area contributed by atoms with Gasteiger partial charge in [0, 0.05) is 32.9 Å². The normalized spacial score (nSPS) is 17.7. The van der Waals surface area contributed by atoms with Crippen LogP contribution in [-0.4, -0.2) is 44.8 Å². The lowest BCUT2D eigenvalue weighted by Gasteiger charge is -2.17. The number of amides is 1. The van der Waals surface area contributed by atoms with E-state index in [1.165, 1.54) is 0 Å². The second-order valence-corrected chi connectivity index (χ2v) is 5.54. The summed E-state index contributed by atoms with van der Waals surface area (Å²) in [4.78, 5) is 14.1. The average molecular weight is 300 g/mol. The Morgan fingerprint density at radius 1 is 1.36 bits per heavy atom. The Bertz CT molecular complexity index is 626. The zero-order valence-electron chi connectivity index (χ0n) is 12.7. The van der Waals surface area contributed by atoms with Crippen LogP contribution in [0.25, 0.3) is 0 Å². The molecule has 1 aliphatic heterocycles. The Morgan fingerprint density at radius 3 is 2.91 bits per heavy atom. The van der Waals surface area contributed by atoms with Crippen LogP contribution in [0.15, 0.2) is 36.7 Å². The number of ether oxygens (including phenoxy) is 1. The quantitative estimate of drug-likeness (QED) is 0.838. The van der Waals surface area contributed by atoms with Crippen LogP contribution >= 0.6 is 0 Å². The number of para-hydroxylation sites is 1. The van der Waals surface area contributed by atoms with Crippen molar-refractivity contribution >= 4 is 5.91 Å². The van der Waals surface area contributed by atoms with E-state index in [1.54, 1.807) is 6.33 Å². The largest absolute Gasteiger partial charge is 0.489 e. The van der Waals surface area contributed by atoms with Gasteiger partial charge in [-0.25, -0.2) is 0 Å². The summed E-state index contributed by atoms with van der Waals surface area (Å²) in [6.45, 7) is 1.42. The minimum Gasteiger partial charge on any atom is -0.489 e. The second kappa shape index (κ2) is 6.60. The molecule has 0 bridgehead atoms. The summed E-state index contributed by atoms with van der Waals surface area (Å²) in [7, 11) is 1.89. The molecule has 1 aliphatic rings. The standard InChI is InChI=1S/C16H20N4O2/c1-19-12-17-18-15(19)7-8-16(21)20-10-9-14(11-20)22-13-5-3-2-4-6-13/h2-6,12,14H,7-11H2,1H3/t14-/m0/s1. The number of aryl methyl sites for hydroxylation is 2. The molecule has 2 heterocycles. The summed E-state index contributed by atoms with van der Waals surface area (Å²) in [5.74, 6) is 1.85. The third kappa shape index (κ3) is 3.44. The van der Waals surface area contributed by atoms with Gasteiger partial charge < -0.3 is 14.2 Å². The highest BCUT2D eigenvalue weighted by atomic mass is 16.5. The molecule has 1 amide bonds. The highest BCUT2D eigenvalue weighted by molar-refractivity contribution is 5.76. The van der Waals surface area contributed by atoms with Crippen LogP contribution in [0.4, 0.5) is 0 Å². The van der Waals surface area contributed by atoms with Crippen LogP contribution in [0.5, 0.6) is 5.75 Å². The molecule has 0 saturated carbocycles. The number of carbonyl (C=O) groups excluding carboxylic acids is 1. The fraction of sp³-hybridized carbons (Fsp3) is 0.438. The van der Waals surface area contributed by atoms with E-state index in [2.05, 4.69) is 10.2 Å². The van der Waals surface area contributed by atoms with E-state index in [4.69, 9.17) is 4.74 Å². The number of rotatable bonds is 5. The zero-order chi connectivity index (χ0) is 15.4. The minimum atomic E-state index is 0.0844. The molecule has 6 nitrogen and oxygen atoms in total. The number of benzene rings is 1. The zero-order valence-corrected chi connectivity index (χ0v) is 12.7. The summed E-state index contributed by atoms with van der Waals surface area (Å²) in [6, 6.07) is 9.75. The van der Waals surface area contributed by atoms with Crippen molar-refractivity contribution in [2.45, 2.75) is 25.4 Å². The van der Waals surface area contributed by atoms with E-state index < -0.39 is 0 Å². The summed E-state index contributed by atoms with van der Waals surface area (Å²) in [5, 5.41) is 7.83. The first kappa shape index (κ1) is 14.6. The summed E-state index contributed by atoms with van der Waals surface area (Å²) in [5.41, 5.74) is 0. The van der Waals surface area contributed by atoms with Crippen molar-refractivity contribution in [1.82, 2.24) is 19.7 Å². The first-order valence-corrected chi connectivity index (χ1v) is 7.55. The van der Waals surface area contributed by atoms with Crippen molar-refractivity contribution in [2.75, 3.05) is 13.1 Å². The molecule has 0 aliphatic carbocycles. The smallest absolute Gasteiger partial charge is 0.223 e. The van der Waals surface area contributed by atoms with Crippen LogP contribution < -0.4 is 4.74 Å². The van der Waals surface area contributed by atoms with Gasteiger partial charge in [-0.05, 0) is 12.1 Å². The molecule has 116 valence electrons. The van der Waals surface area contributed by atoms with Crippen LogP contribution in [0.1, 0.15) is 18.7 Å². The van der Waals surface area contributed by atoms with Crippen molar-refractivity contribution in [1.29, 1.82) is 0 Å². The van der Waals surface area contributed by atoms with Gasteiger partial charge in [0.15, 0.2) is 0 Å². The van der Waals surface area contributed by atoms with E-state index in [0.717, 1.165) is 24.5 Å². The minimum absolute atomic E-state index is 0.0844. The van der Waals surface area contributed by atoms with Gasteiger partial charge in [-0.2, -0.15) is 0 Å². The van der Waals surface area contributed by atoms with E-state index in [9.17, 15) is 4.79 Å². The van der Waals surface area contributed by atoms with Gasteiger partial charge in [-0.15, -0.1) is 10.2 Å². The van der Waals surface area contributed by atoms with Crippen molar-refractivity contribution < 1.29 is 9.53 Å². The van der Waals surface area contributed by atoms with Gasteiger partial charge in [0.1, 0.15) is 24.0 Å². The summed E-state index contributed by atoms with van der Waals surface area (Å²) < 4.78 is 7.75. The van der Waals surface area contributed by atoms with Crippen LogP contribution in [0.3, 0.4) is 0 Å². The molecule has 0 radical (unpaired) electrons. The molecule has 6 heteroatoms. The van der Waals surface area contributed by atoms with Crippen LogP contribution in [-0.2, 0) is 18.3 Å². The molecule has 22 heavy (non-hydrogen) atoms. The lowest BCUT2D eigenvalue weighted by atomic mass is 10.2. The molecule has 1 fully saturated rings. The number of likely N-dealkylation sites (tertiary alicyclic amines) is 1. The van der Waals surface area contributed by atoms with Crippen molar-refractivity contribution in [2.24, 2.45) is 7.05 Å². The van der Waals surface area contributed by atoms with Gasteiger partial charge >= 0.3 is 0 Å². The Labute approximate surface area is 129 Å². The molecular weight excluding hydrogens is 280 g/mol. The Balaban J connectivity index is 1.47. The van der Waals surface area contributed by atoms with Gasteiger partial charge in [0.2, 0.25) is 5.91 Å². The second-order valence-electron chi connectivity index (χ2n) is 5.54. The molecule has 0 N–H and O–H groups in total. The summed E-state index contributed by atoms with van der Waals surface area (Å²) in [6.07, 6.45) is 3.70. The molecule has 3 rings (SSSR count). The maximum absolute atomic E-state index is 12.3. The molecule has 1 aromatic heterocycles. The van der Waals surface area contributed by atoms with E-state index in [0.29, 0.717) is 19.4 Å². The maximum atomic E-state index is 12.3. The molecule has 0 unspecified atom stereocenters. The third-order valence-corrected chi connectivity index (χ3v) is 3.91. The van der Waals surface area contributed by atoms with Gasteiger partial charge in [-0.3, -0.25) is 4.79 Å². The molecule has 2 aromatic rings. The first-order valence-electron chi connectivity index (χ1n) is 7.55. The van der Waals surface area contributed by atoms with E-state index >= 15 is 0 Å². The predicted molar refractivity (Wildman–Crippen MR) is 81.4 cm³/mol. The molecular formula is C16H20N4O2. The summed E-state index contributed by atoms with van der Waals surface area (Å²) >= 11 is 0. The van der Waals surface area contributed by atoms with E-state index in [1.807, 2.05) is 46.8 Å². The highest BCUT2D eigenvalue weighted by Gasteiger charge is 2.27. The van der Waals surface area contributed by atoms with Gasteiger partial charge in [-0.1, -0.05) is 18.2 Å². The Hall–Kier alpha value is -2.37. The number of carbonyl (C=O) groups is 1. The lowest BCUT2D eigenvalue weighted by molar-refractivity contribution is -0.130. The number of hydrogen-bond donors (Lipinski definition) is 0. The van der Waals surface area contributed by atoms with E-state index in [-0.39, 0.29) is 12.0 Å². The van der Waals surface area contributed by atoms with Crippen LogP contribution in [0, 0.1) is 0 Å². The number of hydrogen-bond acceptors (Lipinski definition) is 4.